The maximum Gasteiger partial charge on any atom is 0.238 e. The van der Waals surface area contributed by atoms with Crippen molar-refractivity contribution in [1.29, 1.82) is 0 Å². The maximum absolute atomic E-state index is 11.4. The first kappa shape index (κ1) is 16.6. The fourth-order valence-corrected chi connectivity index (χ4v) is 2.15. The van der Waals surface area contributed by atoms with Gasteiger partial charge in [-0.25, -0.2) is 5.84 Å². The number of nitrogens with one attached hydrogen (secondary N) is 1. The van der Waals surface area contributed by atoms with Gasteiger partial charge in [0.05, 0.1) is 6.42 Å². The molecule has 0 saturated carbocycles. The van der Waals surface area contributed by atoms with Crippen LogP contribution >= 0.6 is 0 Å². The Bertz CT molecular complexity index is 410. The molecule has 0 spiro atoms. The fourth-order valence-electron chi connectivity index (χ4n) is 2.15. The summed E-state index contributed by atoms with van der Waals surface area (Å²) in [6.45, 7) is 2.06. The maximum atomic E-state index is 11.4. The van der Waals surface area contributed by atoms with E-state index >= 15 is 0 Å². The molecule has 0 atom stereocenters. The number of carbonyl (C=O) groups excluding carboxylic acids is 1. The number of carbonyl (C=O) groups is 1. The van der Waals surface area contributed by atoms with Crippen molar-refractivity contribution in [3.05, 3.63) is 35.4 Å². The molecule has 0 aromatic heterocycles. The van der Waals surface area contributed by atoms with Crippen molar-refractivity contribution in [2.24, 2.45) is 5.84 Å². The van der Waals surface area contributed by atoms with Crippen LogP contribution in [0.25, 0.3) is 0 Å². The minimum Gasteiger partial charge on any atom is -0.396 e. The molecule has 1 amide bonds. The molecule has 20 heavy (non-hydrogen) atoms. The van der Waals surface area contributed by atoms with Gasteiger partial charge < -0.3 is 10.0 Å². The van der Waals surface area contributed by atoms with Crippen LogP contribution < -0.4 is 11.3 Å². The second-order valence-electron chi connectivity index (χ2n) is 5.04. The number of rotatable bonds is 9. The lowest BCUT2D eigenvalue weighted by atomic mass is 10.0. The Labute approximate surface area is 120 Å². The molecule has 4 N–H and O–H groups in total. The highest BCUT2D eigenvalue weighted by Crippen LogP contribution is 2.12. The summed E-state index contributed by atoms with van der Waals surface area (Å²) in [5.74, 6) is 4.96. The van der Waals surface area contributed by atoms with Crippen molar-refractivity contribution in [3.63, 3.8) is 0 Å². The van der Waals surface area contributed by atoms with Crippen LogP contribution in [0, 0.1) is 0 Å². The molecule has 112 valence electrons. The summed E-state index contributed by atoms with van der Waals surface area (Å²) in [6.07, 6.45) is 3.28. The second kappa shape index (κ2) is 9.47. The van der Waals surface area contributed by atoms with Crippen LogP contribution in [0.1, 0.15) is 30.4 Å². The third-order valence-electron chi connectivity index (χ3n) is 3.27. The summed E-state index contributed by atoms with van der Waals surface area (Å²) in [5.41, 5.74) is 4.33. The number of benzene rings is 1. The highest BCUT2D eigenvalue weighted by atomic mass is 16.2. The van der Waals surface area contributed by atoms with Crippen molar-refractivity contribution in [1.82, 2.24) is 10.3 Å². The largest absolute Gasteiger partial charge is 0.396 e. The summed E-state index contributed by atoms with van der Waals surface area (Å²) in [7, 11) is 2.07. The van der Waals surface area contributed by atoms with Crippen LogP contribution in [0.2, 0.25) is 0 Å². The van der Waals surface area contributed by atoms with Crippen LogP contribution in [-0.4, -0.2) is 36.1 Å². The van der Waals surface area contributed by atoms with Gasteiger partial charge in [0.2, 0.25) is 5.91 Å². The number of hydrogen-bond donors (Lipinski definition) is 3. The highest BCUT2D eigenvalue weighted by molar-refractivity contribution is 5.78. The van der Waals surface area contributed by atoms with Crippen LogP contribution in [0.15, 0.2) is 24.3 Å². The first-order chi connectivity index (χ1) is 9.67. The molecule has 5 heteroatoms. The number of nitrogens with zero attached hydrogens (tertiary/aromatic N) is 1. The molecule has 0 fully saturated rings. The first-order valence-corrected chi connectivity index (χ1v) is 7.03. The zero-order valence-electron chi connectivity index (χ0n) is 12.1. The predicted octanol–water partition coefficient (Wildman–Crippen LogP) is 0.813. The number of unbranched alkanes of at least 4 members (excludes halogenated alkanes) is 2. The minimum atomic E-state index is -0.178. The molecule has 0 aliphatic carbocycles. The fraction of sp³-hybridized carbons (Fsp3) is 0.533. The van der Waals surface area contributed by atoms with Gasteiger partial charge in [0.15, 0.2) is 0 Å². The van der Waals surface area contributed by atoms with E-state index in [1.54, 1.807) is 0 Å². The standard InChI is InChI=1S/C15H25N3O2/c1-18(9-5-2-6-10-19)12-14-8-4-3-7-13(14)11-15(20)17-16/h3-4,7-8,19H,2,5-6,9-12,16H2,1H3,(H,17,20). The van der Waals surface area contributed by atoms with E-state index in [0.717, 1.165) is 43.5 Å². The van der Waals surface area contributed by atoms with Crippen LogP contribution in [0.4, 0.5) is 0 Å². The topological polar surface area (TPSA) is 78.6 Å². The molecule has 0 unspecified atom stereocenters. The molecule has 1 aromatic rings. The lowest BCUT2D eigenvalue weighted by Crippen LogP contribution is -2.32. The van der Waals surface area contributed by atoms with Crippen molar-refractivity contribution < 1.29 is 9.90 Å². The molecule has 0 heterocycles. The summed E-state index contributed by atoms with van der Waals surface area (Å²) in [5, 5.41) is 8.75. The normalized spacial score (nSPS) is 10.8. The summed E-state index contributed by atoms with van der Waals surface area (Å²) in [4.78, 5) is 13.6. The number of nitrogens with two attached hydrogens (primary N) is 1. The number of hydrogen-bond acceptors (Lipinski definition) is 4. The Balaban J connectivity index is 2.51. The van der Waals surface area contributed by atoms with E-state index in [-0.39, 0.29) is 12.5 Å². The minimum absolute atomic E-state index is 0.178. The van der Waals surface area contributed by atoms with Crippen molar-refractivity contribution in [2.75, 3.05) is 20.2 Å². The highest BCUT2D eigenvalue weighted by Gasteiger charge is 2.08. The zero-order chi connectivity index (χ0) is 14.8. The summed E-state index contributed by atoms with van der Waals surface area (Å²) >= 11 is 0. The van der Waals surface area contributed by atoms with E-state index in [1.807, 2.05) is 24.3 Å². The quantitative estimate of drug-likeness (QED) is 0.270. The average molecular weight is 279 g/mol. The number of hydrazine groups is 1. The van der Waals surface area contributed by atoms with Crippen LogP contribution in [0.3, 0.4) is 0 Å². The van der Waals surface area contributed by atoms with Crippen molar-refractivity contribution >= 4 is 5.91 Å². The zero-order valence-corrected chi connectivity index (χ0v) is 12.1. The molecule has 0 radical (unpaired) electrons. The van der Waals surface area contributed by atoms with Crippen LogP contribution in [0.5, 0.6) is 0 Å². The van der Waals surface area contributed by atoms with Crippen LogP contribution in [-0.2, 0) is 17.8 Å². The van der Waals surface area contributed by atoms with Gasteiger partial charge >= 0.3 is 0 Å². The van der Waals surface area contributed by atoms with Gasteiger partial charge in [-0.3, -0.25) is 10.2 Å². The lowest BCUT2D eigenvalue weighted by molar-refractivity contribution is -0.120. The molecule has 1 aromatic carbocycles. The van der Waals surface area contributed by atoms with E-state index in [4.69, 9.17) is 10.9 Å². The molecule has 0 aliphatic rings. The number of amides is 1. The molecular formula is C15H25N3O2. The van der Waals surface area contributed by atoms with Gasteiger partial charge in [-0.05, 0) is 44.0 Å². The van der Waals surface area contributed by atoms with E-state index in [2.05, 4.69) is 17.4 Å². The Kier molecular flexibility index (Phi) is 7.87. The van der Waals surface area contributed by atoms with Gasteiger partial charge in [-0.2, -0.15) is 0 Å². The smallest absolute Gasteiger partial charge is 0.238 e. The average Bonchev–Trinajstić information content (AvgIpc) is 2.45. The molecule has 0 aliphatic heterocycles. The molecule has 0 saturated heterocycles. The third kappa shape index (κ3) is 6.14. The van der Waals surface area contributed by atoms with E-state index in [9.17, 15) is 4.79 Å². The molecule has 5 nitrogen and oxygen atoms in total. The Morgan fingerprint density at radius 3 is 2.60 bits per heavy atom. The Morgan fingerprint density at radius 2 is 1.95 bits per heavy atom. The Morgan fingerprint density at radius 1 is 1.25 bits per heavy atom. The van der Waals surface area contributed by atoms with Gasteiger partial charge in [-0.15, -0.1) is 0 Å². The van der Waals surface area contributed by atoms with E-state index < -0.39 is 0 Å². The third-order valence-corrected chi connectivity index (χ3v) is 3.27. The first-order valence-electron chi connectivity index (χ1n) is 7.03. The lowest BCUT2D eigenvalue weighted by Gasteiger charge is -2.18. The number of aliphatic hydroxyl groups is 1. The SMILES string of the molecule is CN(CCCCCO)Cc1ccccc1CC(=O)NN. The molecule has 0 bridgehead atoms. The van der Waals surface area contributed by atoms with Gasteiger partial charge in [0, 0.05) is 13.2 Å². The van der Waals surface area contributed by atoms with Crippen molar-refractivity contribution in [2.45, 2.75) is 32.2 Å². The summed E-state index contributed by atoms with van der Waals surface area (Å²) < 4.78 is 0. The molecule has 1 rings (SSSR count). The second-order valence-corrected chi connectivity index (χ2v) is 5.04. The van der Waals surface area contributed by atoms with Gasteiger partial charge in [0.1, 0.15) is 0 Å². The van der Waals surface area contributed by atoms with Gasteiger partial charge in [-0.1, -0.05) is 24.3 Å². The summed E-state index contributed by atoms with van der Waals surface area (Å²) in [6, 6.07) is 7.93. The monoisotopic (exact) mass is 279 g/mol. The van der Waals surface area contributed by atoms with Crippen molar-refractivity contribution in [3.8, 4) is 0 Å². The Hall–Kier alpha value is -1.43. The molecular weight excluding hydrogens is 254 g/mol. The predicted molar refractivity (Wildman–Crippen MR) is 79.7 cm³/mol. The van der Waals surface area contributed by atoms with E-state index in [0.29, 0.717) is 6.42 Å². The van der Waals surface area contributed by atoms with E-state index in [1.165, 1.54) is 0 Å². The van der Waals surface area contributed by atoms with Gasteiger partial charge in [0.25, 0.3) is 0 Å². The number of aliphatic hydroxyl groups excluding tert-OH is 1.